The smallest absolute Gasteiger partial charge is 0.227 e. The number of hydrogen-bond donors (Lipinski definition) is 2. The maximum atomic E-state index is 10.8. The summed E-state index contributed by atoms with van der Waals surface area (Å²) < 4.78 is 0. The maximum absolute atomic E-state index is 10.8. The van der Waals surface area contributed by atoms with Gasteiger partial charge >= 0.3 is 0 Å². The lowest BCUT2D eigenvalue weighted by atomic mass is 10.3. The van der Waals surface area contributed by atoms with Crippen molar-refractivity contribution in [1.82, 2.24) is 0 Å². The van der Waals surface area contributed by atoms with Crippen LogP contribution in [0.5, 0.6) is 0 Å². The fourth-order valence-corrected chi connectivity index (χ4v) is 2.83. The van der Waals surface area contributed by atoms with E-state index in [1.165, 1.54) is 23.3 Å². The molecule has 1 rings (SSSR count). The Hall–Kier alpha value is -0.810. The molecule has 3 nitrogen and oxygen atoms in total. The van der Waals surface area contributed by atoms with E-state index in [1.807, 2.05) is 36.0 Å². The van der Waals surface area contributed by atoms with Crippen LogP contribution in [-0.2, 0) is 4.79 Å². The fraction of sp³-hybridized carbons (Fsp3) is 0.462. The second-order valence-electron chi connectivity index (χ2n) is 3.73. The van der Waals surface area contributed by atoms with E-state index in [-0.39, 0.29) is 5.91 Å². The predicted octanol–water partition coefficient (Wildman–Crippen LogP) is 2.82. The van der Waals surface area contributed by atoms with Gasteiger partial charge in [-0.25, -0.2) is 0 Å². The zero-order valence-corrected chi connectivity index (χ0v) is 12.3. The highest BCUT2D eigenvalue weighted by Crippen LogP contribution is 2.26. The third kappa shape index (κ3) is 6.21. The van der Waals surface area contributed by atoms with E-state index >= 15 is 0 Å². The van der Waals surface area contributed by atoms with Crippen LogP contribution < -0.4 is 11.1 Å². The van der Waals surface area contributed by atoms with Gasteiger partial charge in [0, 0.05) is 17.1 Å². The number of thioether (sulfide) groups is 2. The van der Waals surface area contributed by atoms with E-state index in [4.69, 9.17) is 5.73 Å². The maximum Gasteiger partial charge on any atom is 0.227 e. The average molecular weight is 284 g/mol. The van der Waals surface area contributed by atoms with E-state index < -0.39 is 0 Å². The first kappa shape index (κ1) is 15.2. The minimum absolute atomic E-state index is 0.283. The van der Waals surface area contributed by atoms with Gasteiger partial charge < -0.3 is 11.1 Å². The molecule has 0 aliphatic carbocycles. The van der Waals surface area contributed by atoms with Crippen molar-refractivity contribution in [2.45, 2.75) is 18.2 Å². The Morgan fingerprint density at radius 3 is 2.89 bits per heavy atom. The number of carbonyl (C=O) groups excluding carboxylic acids is 1. The van der Waals surface area contributed by atoms with Crippen LogP contribution >= 0.6 is 23.5 Å². The zero-order chi connectivity index (χ0) is 13.2. The second kappa shape index (κ2) is 9.16. The van der Waals surface area contributed by atoms with Gasteiger partial charge in [-0.05, 0) is 30.1 Å². The van der Waals surface area contributed by atoms with Crippen LogP contribution in [0.4, 0.5) is 5.69 Å². The van der Waals surface area contributed by atoms with E-state index in [0.717, 1.165) is 23.5 Å². The van der Waals surface area contributed by atoms with Crippen molar-refractivity contribution in [1.29, 1.82) is 0 Å². The number of nitrogens with one attached hydrogen (secondary N) is 1. The molecule has 0 saturated heterocycles. The molecule has 0 radical (unpaired) electrons. The van der Waals surface area contributed by atoms with Crippen molar-refractivity contribution in [2.24, 2.45) is 5.73 Å². The molecule has 0 atom stereocenters. The first-order valence-corrected chi connectivity index (χ1v) is 8.19. The first-order valence-electron chi connectivity index (χ1n) is 6.05. The van der Waals surface area contributed by atoms with E-state index in [1.54, 1.807) is 0 Å². The summed E-state index contributed by atoms with van der Waals surface area (Å²) in [7, 11) is 0. The van der Waals surface area contributed by atoms with Crippen LogP contribution in [0.25, 0.3) is 0 Å². The molecule has 0 spiro atoms. The lowest BCUT2D eigenvalue weighted by Crippen LogP contribution is -2.13. The summed E-state index contributed by atoms with van der Waals surface area (Å²) in [6, 6.07) is 8.02. The van der Waals surface area contributed by atoms with Gasteiger partial charge in [0.2, 0.25) is 5.91 Å². The zero-order valence-electron chi connectivity index (χ0n) is 10.6. The summed E-state index contributed by atoms with van der Waals surface area (Å²) in [5.74, 6) is 2.39. The molecule has 0 aliphatic heterocycles. The van der Waals surface area contributed by atoms with Gasteiger partial charge in [0.05, 0.1) is 5.75 Å². The molecule has 0 heterocycles. The lowest BCUT2D eigenvalue weighted by molar-refractivity contribution is -0.115. The molecule has 3 N–H and O–H groups in total. The Morgan fingerprint density at radius 2 is 2.17 bits per heavy atom. The number of nitrogens with two attached hydrogens (primary N) is 1. The molecule has 0 fully saturated rings. The number of para-hydroxylation sites is 1. The monoisotopic (exact) mass is 284 g/mol. The molecular weight excluding hydrogens is 264 g/mol. The second-order valence-corrected chi connectivity index (χ2v) is 6.14. The van der Waals surface area contributed by atoms with Crippen molar-refractivity contribution in [3.8, 4) is 0 Å². The Morgan fingerprint density at radius 1 is 1.39 bits per heavy atom. The van der Waals surface area contributed by atoms with Crippen LogP contribution in [0, 0.1) is 0 Å². The third-order valence-electron chi connectivity index (χ3n) is 2.24. The SMILES string of the molecule is CCSCCCNc1ccccc1SCC(N)=O. The number of benzene rings is 1. The molecule has 0 aromatic heterocycles. The molecule has 5 heteroatoms. The number of carbonyl (C=O) groups is 1. The van der Waals surface area contributed by atoms with Crippen LogP contribution in [0.3, 0.4) is 0 Å². The van der Waals surface area contributed by atoms with Gasteiger partial charge in [0.15, 0.2) is 0 Å². The molecule has 0 saturated carbocycles. The summed E-state index contributed by atoms with van der Waals surface area (Å²) in [5.41, 5.74) is 6.25. The highest BCUT2D eigenvalue weighted by atomic mass is 32.2. The minimum Gasteiger partial charge on any atom is -0.384 e. The highest BCUT2D eigenvalue weighted by Gasteiger charge is 2.03. The third-order valence-corrected chi connectivity index (χ3v) is 4.32. The molecular formula is C13H20N2OS2. The Labute approximate surface area is 117 Å². The quantitative estimate of drug-likeness (QED) is 0.541. The van der Waals surface area contributed by atoms with Crippen LogP contribution in [0.2, 0.25) is 0 Å². The normalized spacial score (nSPS) is 10.3. The minimum atomic E-state index is -0.283. The van der Waals surface area contributed by atoms with Gasteiger partial charge in [-0.2, -0.15) is 11.8 Å². The number of primary amides is 1. The highest BCUT2D eigenvalue weighted by molar-refractivity contribution is 8.00. The standard InChI is InChI=1S/C13H20N2OS2/c1-2-17-9-5-8-15-11-6-3-4-7-12(11)18-10-13(14)16/h3-4,6-7,15H,2,5,8-10H2,1H3,(H2,14,16). The predicted molar refractivity (Wildman–Crippen MR) is 82.5 cm³/mol. The number of hydrogen-bond acceptors (Lipinski definition) is 4. The van der Waals surface area contributed by atoms with Gasteiger partial charge in [0.1, 0.15) is 0 Å². The summed E-state index contributed by atoms with van der Waals surface area (Å²) in [5, 5.41) is 3.41. The molecule has 0 bridgehead atoms. The fourth-order valence-electron chi connectivity index (χ4n) is 1.43. The van der Waals surface area contributed by atoms with Crippen molar-refractivity contribution in [2.75, 3.05) is 29.1 Å². The summed E-state index contributed by atoms with van der Waals surface area (Å²) in [6.07, 6.45) is 1.15. The van der Waals surface area contributed by atoms with Gasteiger partial charge in [0.25, 0.3) is 0 Å². The van der Waals surface area contributed by atoms with Crippen LogP contribution in [-0.4, -0.2) is 29.7 Å². The van der Waals surface area contributed by atoms with Crippen LogP contribution in [0.1, 0.15) is 13.3 Å². The average Bonchev–Trinajstić information content (AvgIpc) is 2.37. The van der Waals surface area contributed by atoms with Crippen molar-refractivity contribution >= 4 is 35.1 Å². The Kier molecular flexibility index (Phi) is 7.76. The van der Waals surface area contributed by atoms with Gasteiger partial charge in [-0.1, -0.05) is 19.1 Å². The number of anilines is 1. The topological polar surface area (TPSA) is 55.1 Å². The molecule has 1 aromatic carbocycles. The van der Waals surface area contributed by atoms with E-state index in [0.29, 0.717) is 5.75 Å². The van der Waals surface area contributed by atoms with Crippen molar-refractivity contribution in [3.05, 3.63) is 24.3 Å². The molecule has 18 heavy (non-hydrogen) atoms. The first-order chi connectivity index (χ1) is 8.74. The molecule has 0 aliphatic rings. The molecule has 1 amide bonds. The molecule has 100 valence electrons. The van der Waals surface area contributed by atoms with Crippen LogP contribution in [0.15, 0.2) is 29.2 Å². The lowest BCUT2D eigenvalue weighted by Gasteiger charge is -2.10. The van der Waals surface area contributed by atoms with Gasteiger partial charge in [-0.3, -0.25) is 4.79 Å². The Balaban J connectivity index is 2.41. The van der Waals surface area contributed by atoms with Crippen molar-refractivity contribution < 1.29 is 4.79 Å². The molecule has 1 aromatic rings. The van der Waals surface area contributed by atoms with Gasteiger partial charge in [-0.15, -0.1) is 11.8 Å². The summed E-state index contributed by atoms with van der Waals surface area (Å²) in [4.78, 5) is 11.9. The summed E-state index contributed by atoms with van der Waals surface area (Å²) >= 11 is 3.44. The summed E-state index contributed by atoms with van der Waals surface area (Å²) in [6.45, 7) is 3.13. The Bertz CT molecular complexity index is 372. The number of amides is 1. The largest absolute Gasteiger partial charge is 0.384 e. The number of rotatable bonds is 9. The van der Waals surface area contributed by atoms with E-state index in [9.17, 15) is 4.79 Å². The van der Waals surface area contributed by atoms with E-state index in [2.05, 4.69) is 12.2 Å². The van der Waals surface area contributed by atoms with Crippen molar-refractivity contribution in [3.63, 3.8) is 0 Å². The molecule has 0 unspecified atom stereocenters.